The van der Waals surface area contributed by atoms with Gasteiger partial charge in [0.2, 0.25) is 5.91 Å². The van der Waals surface area contributed by atoms with E-state index in [4.69, 9.17) is 0 Å². The highest BCUT2D eigenvalue weighted by atomic mass is 32.2. The third-order valence-corrected chi connectivity index (χ3v) is 5.74. The minimum atomic E-state index is -0.210. The van der Waals surface area contributed by atoms with E-state index in [-0.39, 0.29) is 11.2 Å². The number of carbonyl (C=O) groups is 1. The number of nitrogens with zero attached hydrogens (tertiary/aromatic N) is 2. The van der Waals surface area contributed by atoms with Crippen molar-refractivity contribution in [3.63, 3.8) is 0 Å². The second-order valence-corrected chi connectivity index (χ2v) is 8.46. The first-order valence-corrected chi connectivity index (χ1v) is 9.27. The van der Waals surface area contributed by atoms with Crippen LogP contribution in [0.5, 0.6) is 0 Å². The van der Waals surface area contributed by atoms with E-state index >= 15 is 0 Å². The summed E-state index contributed by atoms with van der Waals surface area (Å²) in [6.45, 7) is 5.98. The predicted molar refractivity (Wildman–Crippen MR) is 91.4 cm³/mol. The molecular formula is C14H17N3OS3. The van der Waals surface area contributed by atoms with Crippen LogP contribution in [0, 0.1) is 6.92 Å². The lowest BCUT2D eigenvalue weighted by molar-refractivity contribution is -0.115. The van der Waals surface area contributed by atoms with Crippen LogP contribution in [0.2, 0.25) is 0 Å². The molecule has 2 rings (SSSR count). The molecule has 1 N–H and O–H groups in total. The van der Waals surface area contributed by atoms with Crippen molar-refractivity contribution in [2.24, 2.45) is 0 Å². The second-order valence-electron chi connectivity index (χ2n) is 4.38. The second kappa shape index (κ2) is 7.82. The van der Waals surface area contributed by atoms with Crippen LogP contribution in [0.1, 0.15) is 19.4 Å². The number of anilines is 1. The number of thioether (sulfide) groups is 2. The molecule has 21 heavy (non-hydrogen) atoms. The average Bonchev–Trinajstić information content (AvgIpc) is 2.89. The molecule has 0 radical (unpaired) electrons. The Balaban J connectivity index is 1.90. The van der Waals surface area contributed by atoms with Gasteiger partial charge in [-0.1, -0.05) is 59.5 Å². The van der Waals surface area contributed by atoms with E-state index in [0.29, 0.717) is 0 Å². The largest absolute Gasteiger partial charge is 0.325 e. The lowest BCUT2D eigenvalue weighted by atomic mass is 10.2. The molecule has 1 amide bonds. The lowest BCUT2D eigenvalue weighted by Gasteiger charge is -2.10. The maximum Gasteiger partial charge on any atom is 0.237 e. The summed E-state index contributed by atoms with van der Waals surface area (Å²) in [6.07, 6.45) is 0. The third kappa shape index (κ3) is 5.01. The first kappa shape index (κ1) is 16.3. The molecule has 0 aliphatic rings. The maximum absolute atomic E-state index is 12.2. The van der Waals surface area contributed by atoms with Crippen molar-refractivity contribution in [3.05, 3.63) is 29.8 Å². The van der Waals surface area contributed by atoms with Crippen LogP contribution in [-0.4, -0.2) is 27.1 Å². The zero-order valence-electron chi connectivity index (χ0n) is 12.1. The molecule has 4 nitrogen and oxygen atoms in total. The first-order chi connectivity index (χ1) is 10.1. The van der Waals surface area contributed by atoms with Crippen LogP contribution in [0.3, 0.4) is 0 Å². The summed E-state index contributed by atoms with van der Waals surface area (Å²) in [5, 5.41) is 10.9. The fraction of sp³-hybridized carbons (Fsp3) is 0.357. The van der Waals surface area contributed by atoms with Gasteiger partial charge in [-0.05, 0) is 31.7 Å². The van der Waals surface area contributed by atoms with E-state index in [0.717, 1.165) is 20.1 Å². The van der Waals surface area contributed by atoms with Gasteiger partial charge < -0.3 is 5.32 Å². The standard InChI is InChI=1S/C14H17N3OS3/c1-4-19-13-16-17-14(21-13)20-10(3)12(18)15-11-7-5-9(2)6-8-11/h5-8,10H,4H2,1-3H3,(H,15,18)/t10-/m1/s1. The Labute approximate surface area is 137 Å². The van der Waals surface area contributed by atoms with Crippen LogP contribution >= 0.6 is 34.9 Å². The topological polar surface area (TPSA) is 54.9 Å². The van der Waals surface area contributed by atoms with Crippen LogP contribution in [0.15, 0.2) is 32.9 Å². The number of rotatable bonds is 6. The normalized spacial score (nSPS) is 12.1. The van der Waals surface area contributed by atoms with E-state index in [9.17, 15) is 4.79 Å². The van der Waals surface area contributed by atoms with Crippen molar-refractivity contribution < 1.29 is 4.79 Å². The SMILES string of the molecule is CCSc1nnc(S[C@H](C)C(=O)Nc2ccc(C)cc2)s1. The number of hydrogen-bond acceptors (Lipinski definition) is 6. The average molecular weight is 340 g/mol. The molecule has 0 fully saturated rings. The van der Waals surface area contributed by atoms with E-state index in [1.807, 2.05) is 38.1 Å². The molecule has 1 heterocycles. The molecule has 0 saturated heterocycles. The van der Waals surface area contributed by atoms with E-state index in [2.05, 4.69) is 22.4 Å². The summed E-state index contributed by atoms with van der Waals surface area (Å²) in [4.78, 5) is 12.2. The molecule has 1 aromatic heterocycles. The molecule has 0 aliphatic carbocycles. The van der Waals surface area contributed by atoms with Gasteiger partial charge in [-0.25, -0.2) is 0 Å². The van der Waals surface area contributed by atoms with Gasteiger partial charge in [-0.2, -0.15) is 0 Å². The quantitative estimate of drug-likeness (QED) is 0.804. The number of carbonyl (C=O) groups excluding carboxylic acids is 1. The Kier molecular flexibility index (Phi) is 6.08. The van der Waals surface area contributed by atoms with Crippen molar-refractivity contribution >= 4 is 46.5 Å². The van der Waals surface area contributed by atoms with Crippen molar-refractivity contribution in [1.82, 2.24) is 10.2 Å². The Bertz CT molecular complexity index is 598. The van der Waals surface area contributed by atoms with Crippen LogP contribution in [0.25, 0.3) is 0 Å². The van der Waals surface area contributed by atoms with Crippen LogP contribution in [0.4, 0.5) is 5.69 Å². The van der Waals surface area contributed by atoms with Gasteiger partial charge in [0.1, 0.15) is 0 Å². The molecule has 1 aromatic carbocycles. The number of aryl methyl sites for hydroxylation is 1. The molecule has 0 spiro atoms. The Hall–Kier alpha value is -1.05. The number of nitrogens with one attached hydrogen (secondary N) is 1. The molecule has 0 unspecified atom stereocenters. The van der Waals surface area contributed by atoms with Gasteiger partial charge in [-0.3, -0.25) is 4.79 Å². The highest BCUT2D eigenvalue weighted by Crippen LogP contribution is 2.31. The van der Waals surface area contributed by atoms with E-state index in [1.165, 1.54) is 28.7 Å². The molecular weight excluding hydrogens is 322 g/mol. The summed E-state index contributed by atoms with van der Waals surface area (Å²) in [6, 6.07) is 7.77. The summed E-state index contributed by atoms with van der Waals surface area (Å²) < 4.78 is 1.78. The third-order valence-electron chi connectivity index (χ3n) is 2.62. The Morgan fingerprint density at radius 2 is 1.95 bits per heavy atom. The first-order valence-electron chi connectivity index (χ1n) is 6.59. The Morgan fingerprint density at radius 3 is 2.62 bits per heavy atom. The molecule has 1 atom stereocenters. The Morgan fingerprint density at radius 1 is 1.29 bits per heavy atom. The molecule has 0 bridgehead atoms. The van der Waals surface area contributed by atoms with Crippen molar-refractivity contribution in [2.45, 2.75) is 34.7 Å². The summed E-state index contributed by atoms with van der Waals surface area (Å²) in [5.74, 6) is 0.951. The molecule has 2 aromatic rings. The van der Waals surface area contributed by atoms with E-state index < -0.39 is 0 Å². The number of amides is 1. The smallest absolute Gasteiger partial charge is 0.237 e. The maximum atomic E-state index is 12.2. The predicted octanol–water partition coefficient (Wildman–Crippen LogP) is 4.08. The minimum absolute atomic E-state index is 0.0243. The molecule has 0 aliphatic heterocycles. The summed E-state index contributed by atoms with van der Waals surface area (Å²) in [5.41, 5.74) is 1.99. The van der Waals surface area contributed by atoms with E-state index in [1.54, 1.807) is 11.8 Å². The van der Waals surface area contributed by atoms with Gasteiger partial charge >= 0.3 is 0 Å². The fourth-order valence-electron chi connectivity index (χ4n) is 1.51. The molecule has 112 valence electrons. The van der Waals surface area contributed by atoms with Gasteiger partial charge in [0.15, 0.2) is 8.68 Å². The zero-order valence-corrected chi connectivity index (χ0v) is 14.6. The van der Waals surface area contributed by atoms with Gasteiger partial charge in [0, 0.05) is 5.69 Å². The van der Waals surface area contributed by atoms with Gasteiger partial charge in [0.05, 0.1) is 5.25 Å². The lowest BCUT2D eigenvalue weighted by Crippen LogP contribution is -2.22. The molecule has 7 heteroatoms. The van der Waals surface area contributed by atoms with Gasteiger partial charge in [0.25, 0.3) is 0 Å². The zero-order chi connectivity index (χ0) is 15.2. The minimum Gasteiger partial charge on any atom is -0.325 e. The van der Waals surface area contributed by atoms with Crippen molar-refractivity contribution in [3.8, 4) is 0 Å². The molecule has 0 saturated carbocycles. The number of hydrogen-bond donors (Lipinski definition) is 1. The van der Waals surface area contributed by atoms with Gasteiger partial charge in [-0.15, -0.1) is 10.2 Å². The van der Waals surface area contributed by atoms with Crippen LogP contribution in [-0.2, 0) is 4.79 Å². The highest BCUT2D eigenvalue weighted by molar-refractivity contribution is 8.03. The fourth-order valence-corrected chi connectivity index (χ4v) is 4.57. The van der Waals surface area contributed by atoms with Crippen molar-refractivity contribution in [1.29, 1.82) is 0 Å². The number of benzene rings is 1. The van der Waals surface area contributed by atoms with Crippen LogP contribution < -0.4 is 5.32 Å². The summed E-state index contributed by atoms with van der Waals surface area (Å²) in [7, 11) is 0. The highest BCUT2D eigenvalue weighted by Gasteiger charge is 2.17. The summed E-state index contributed by atoms with van der Waals surface area (Å²) >= 11 is 4.64. The number of aromatic nitrogens is 2. The monoisotopic (exact) mass is 339 g/mol. The van der Waals surface area contributed by atoms with Crippen molar-refractivity contribution in [2.75, 3.05) is 11.1 Å².